The lowest BCUT2D eigenvalue weighted by Gasteiger charge is -2.35. The molecule has 8 heteroatoms. The zero-order valence-corrected chi connectivity index (χ0v) is 17.8. The highest BCUT2D eigenvalue weighted by atomic mass is 16.5. The van der Waals surface area contributed by atoms with Crippen LogP contribution in [0, 0.1) is 0 Å². The van der Waals surface area contributed by atoms with Crippen molar-refractivity contribution in [2.24, 2.45) is 12.0 Å². The lowest BCUT2D eigenvalue weighted by Crippen LogP contribution is -2.55. The SMILES string of the molecule is CN=C(NCc1ccccc1OC(C)(C)C)N1CCN(c2cnn(C)c2)C(=O)C1. The summed E-state index contributed by atoms with van der Waals surface area (Å²) in [5.74, 6) is 1.58. The van der Waals surface area contributed by atoms with Crippen molar-refractivity contribution in [3.8, 4) is 5.75 Å². The number of aliphatic imine (C=N–C) groups is 1. The molecule has 1 aromatic heterocycles. The minimum absolute atomic E-state index is 0.0312. The van der Waals surface area contributed by atoms with Gasteiger partial charge in [0.05, 0.1) is 11.9 Å². The van der Waals surface area contributed by atoms with Gasteiger partial charge in [0.15, 0.2) is 5.96 Å². The molecular formula is C21H30N6O2. The fraction of sp³-hybridized carbons (Fsp3) is 0.476. The molecule has 29 heavy (non-hydrogen) atoms. The highest BCUT2D eigenvalue weighted by molar-refractivity contribution is 5.98. The van der Waals surface area contributed by atoms with Crippen LogP contribution in [0.15, 0.2) is 41.7 Å². The van der Waals surface area contributed by atoms with Gasteiger partial charge in [-0.05, 0) is 26.8 Å². The normalized spacial score (nSPS) is 15.6. The maximum atomic E-state index is 12.7. The molecule has 1 N–H and O–H groups in total. The van der Waals surface area contributed by atoms with Crippen molar-refractivity contribution in [2.45, 2.75) is 32.9 Å². The molecule has 1 aromatic carbocycles. The van der Waals surface area contributed by atoms with Gasteiger partial charge in [-0.15, -0.1) is 0 Å². The number of hydrogen-bond acceptors (Lipinski definition) is 4. The van der Waals surface area contributed by atoms with E-state index in [0.29, 0.717) is 25.6 Å². The number of para-hydroxylation sites is 1. The van der Waals surface area contributed by atoms with Gasteiger partial charge < -0.3 is 19.9 Å². The molecule has 1 amide bonds. The maximum Gasteiger partial charge on any atom is 0.246 e. The van der Waals surface area contributed by atoms with Crippen molar-refractivity contribution in [1.29, 1.82) is 0 Å². The number of carbonyl (C=O) groups excluding carboxylic acids is 1. The van der Waals surface area contributed by atoms with E-state index in [1.54, 1.807) is 22.8 Å². The van der Waals surface area contributed by atoms with Gasteiger partial charge in [-0.25, -0.2) is 0 Å². The van der Waals surface area contributed by atoms with E-state index in [2.05, 4.69) is 15.4 Å². The second-order valence-electron chi connectivity index (χ2n) is 8.06. The highest BCUT2D eigenvalue weighted by Crippen LogP contribution is 2.23. The van der Waals surface area contributed by atoms with Gasteiger partial charge in [-0.1, -0.05) is 18.2 Å². The first-order valence-electron chi connectivity index (χ1n) is 9.78. The minimum atomic E-state index is -0.271. The average Bonchev–Trinajstić information content (AvgIpc) is 3.08. The Morgan fingerprint density at radius 2 is 2.03 bits per heavy atom. The molecular weight excluding hydrogens is 368 g/mol. The van der Waals surface area contributed by atoms with Crippen molar-refractivity contribution in [2.75, 3.05) is 31.6 Å². The summed E-state index contributed by atoms with van der Waals surface area (Å²) in [6.45, 7) is 8.22. The van der Waals surface area contributed by atoms with Gasteiger partial charge in [-0.3, -0.25) is 14.5 Å². The summed E-state index contributed by atoms with van der Waals surface area (Å²) >= 11 is 0. The number of guanidine groups is 1. The van der Waals surface area contributed by atoms with Crippen LogP contribution in [0.3, 0.4) is 0 Å². The summed E-state index contributed by atoms with van der Waals surface area (Å²) < 4.78 is 7.77. The van der Waals surface area contributed by atoms with Gasteiger partial charge in [0.2, 0.25) is 5.91 Å². The molecule has 1 aliphatic rings. The van der Waals surface area contributed by atoms with E-state index in [1.165, 1.54) is 0 Å². The summed E-state index contributed by atoms with van der Waals surface area (Å²) in [5, 5.41) is 7.52. The Hall–Kier alpha value is -3.03. The van der Waals surface area contributed by atoms with Crippen LogP contribution >= 0.6 is 0 Å². The molecule has 156 valence electrons. The van der Waals surface area contributed by atoms with Crippen molar-refractivity contribution in [3.63, 3.8) is 0 Å². The van der Waals surface area contributed by atoms with Gasteiger partial charge >= 0.3 is 0 Å². The van der Waals surface area contributed by atoms with E-state index in [4.69, 9.17) is 4.74 Å². The summed E-state index contributed by atoms with van der Waals surface area (Å²) in [6.07, 6.45) is 3.57. The Bertz CT molecular complexity index is 883. The molecule has 1 saturated heterocycles. The lowest BCUT2D eigenvalue weighted by molar-refractivity contribution is -0.120. The first-order valence-corrected chi connectivity index (χ1v) is 9.78. The monoisotopic (exact) mass is 398 g/mol. The second kappa shape index (κ2) is 8.55. The number of hydrogen-bond donors (Lipinski definition) is 1. The van der Waals surface area contributed by atoms with Crippen LogP contribution in [0.5, 0.6) is 5.75 Å². The van der Waals surface area contributed by atoms with Crippen LogP contribution in [0.4, 0.5) is 5.69 Å². The number of nitrogens with one attached hydrogen (secondary N) is 1. The summed E-state index contributed by atoms with van der Waals surface area (Å²) in [7, 11) is 3.58. The van der Waals surface area contributed by atoms with Crippen LogP contribution in [0.25, 0.3) is 0 Å². The van der Waals surface area contributed by atoms with E-state index in [9.17, 15) is 4.79 Å². The number of aryl methyl sites for hydroxylation is 1. The van der Waals surface area contributed by atoms with Gasteiger partial charge in [0, 0.05) is 45.5 Å². The van der Waals surface area contributed by atoms with Gasteiger partial charge in [0.25, 0.3) is 0 Å². The molecule has 1 aliphatic heterocycles. The third-order valence-corrected chi connectivity index (χ3v) is 4.56. The molecule has 0 aliphatic carbocycles. The molecule has 2 heterocycles. The number of ether oxygens (including phenoxy) is 1. The smallest absolute Gasteiger partial charge is 0.246 e. The molecule has 0 bridgehead atoms. The zero-order valence-electron chi connectivity index (χ0n) is 17.8. The highest BCUT2D eigenvalue weighted by Gasteiger charge is 2.27. The molecule has 0 unspecified atom stereocenters. The number of anilines is 1. The Kier molecular flexibility index (Phi) is 6.10. The van der Waals surface area contributed by atoms with Crippen LogP contribution < -0.4 is 15.0 Å². The van der Waals surface area contributed by atoms with Crippen molar-refractivity contribution < 1.29 is 9.53 Å². The Balaban J connectivity index is 1.63. The molecule has 1 fully saturated rings. The quantitative estimate of drug-likeness (QED) is 0.630. The predicted molar refractivity (Wildman–Crippen MR) is 114 cm³/mol. The Labute approximate surface area is 172 Å². The first-order chi connectivity index (χ1) is 13.8. The molecule has 0 radical (unpaired) electrons. The van der Waals surface area contributed by atoms with Crippen LogP contribution in [-0.2, 0) is 18.4 Å². The zero-order chi connectivity index (χ0) is 21.0. The molecule has 2 aromatic rings. The topological polar surface area (TPSA) is 75.0 Å². The number of amides is 1. The third-order valence-electron chi connectivity index (χ3n) is 4.56. The van der Waals surface area contributed by atoms with E-state index in [0.717, 1.165) is 17.0 Å². The number of rotatable bonds is 4. The second-order valence-corrected chi connectivity index (χ2v) is 8.06. The fourth-order valence-corrected chi connectivity index (χ4v) is 3.26. The molecule has 0 atom stereocenters. The minimum Gasteiger partial charge on any atom is -0.488 e. The van der Waals surface area contributed by atoms with Gasteiger partial charge in [0.1, 0.15) is 17.9 Å². The number of piperazine rings is 1. The van der Waals surface area contributed by atoms with E-state index >= 15 is 0 Å². The number of benzene rings is 1. The fourth-order valence-electron chi connectivity index (χ4n) is 3.26. The molecule has 3 rings (SSSR count). The van der Waals surface area contributed by atoms with Crippen molar-refractivity contribution >= 4 is 17.6 Å². The molecule has 0 saturated carbocycles. The van der Waals surface area contributed by atoms with Crippen LogP contribution in [-0.4, -0.2) is 58.8 Å². The number of nitrogens with zero attached hydrogens (tertiary/aromatic N) is 5. The Morgan fingerprint density at radius 3 is 2.66 bits per heavy atom. The van der Waals surface area contributed by atoms with E-state index in [-0.39, 0.29) is 18.1 Å². The van der Waals surface area contributed by atoms with E-state index in [1.807, 2.05) is 63.2 Å². The average molecular weight is 399 g/mol. The van der Waals surface area contributed by atoms with E-state index < -0.39 is 0 Å². The largest absolute Gasteiger partial charge is 0.488 e. The van der Waals surface area contributed by atoms with Crippen molar-refractivity contribution in [3.05, 3.63) is 42.2 Å². The molecule has 8 nitrogen and oxygen atoms in total. The lowest BCUT2D eigenvalue weighted by atomic mass is 10.1. The standard InChI is InChI=1S/C21H30N6O2/c1-21(2,3)29-18-9-7-6-8-16(18)12-23-20(22-4)26-10-11-27(19(28)15-26)17-13-24-25(5)14-17/h6-9,13-14H,10-12,15H2,1-5H3,(H,22,23). The summed E-state index contributed by atoms with van der Waals surface area (Å²) in [5.41, 5.74) is 1.60. The van der Waals surface area contributed by atoms with Gasteiger partial charge in [-0.2, -0.15) is 5.10 Å². The maximum absolute atomic E-state index is 12.7. The number of aromatic nitrogens is 2. The number of carbonyl (C=O) groups is 1. The Morgan fingerprint density at radius 1 is 1.28 bits per heavy atom. The molecule has 0 spiro atoms. The van der Waals surface area contributed by atoms with Crippen LogP contribution in [0.1, 0.15) is 26.3 Å². The van der Waals surface area contributed by atoms with Crippen molar-refractivity contribution in [1.82, 2.24) is 20.0 Å². The third kappa shape index (κ3) is 5.28. The summed E-state index contributed by atoms with van der Waals surface area (Å²) in [4.78, 5) is 20.8. The predicted octanol–water partition coefficient (Wildman–Crippen LogP) is 2.02. The van der Waals surface area contributed by atoms with Crippen LogP contribution in [0.2, 0.25) is 0 Å². The first kappa shape index (κ1) is 20.7. The summed E-state index contributed by atoms with van der Waals surface area (Å²) in [6, 6.07) is 7.97.